The van der Waals surface area contributed by atoms with E-state index in [2.05, 4.69) is 0 Å². The van der Waals surface area contributed by atoms with Crippen molar-refractivity contribution in [3.05, 3.63) is 0 Å². The highest BCUT2D eigenvalue weighted by molar-refractivity contribution is 8.00. The summed E-state index contributed by atoms with van der Waals surface area (Å²) < 4.78 is 0. The zero-order valence-corrected chi connectivity index (χ0v) is 10.6. The minimum atomic E-state index is 0.183. The van der Waals surface area contributed by atoms with E-state index in [1.807, 2.05) is 11.9 Å². The summed E-state index contributed by atoms with van der Waals surface area (Å²) in [7, 11) is 1.90. The van der Waals surface area contributed by atoms with Gasteiger partial charge in [0.2, 0.25) is 5.91 Å². The van der Waals surface area contributed by atoms with Crippen molar-refractivity contribution in [2.45, 2.75) is 49.8 Å². The number of hydrogen-bond donors (Lipinski definition) is 0. The van der Waals surface area contributed by atoms with Crippen LogP contribution in [0, 0.1) is 0 Å². The maximum Gasteiger partial charge on any atom is 0.235 e. The monoisotopic (exact) mass is 241 g/mol. The number of carbonyl (C=O) groups excluding carboxylic acids is 2. The first kappa shape index (κ1) is 12.0. The van der Waals surface area contributed by atoms with Crippen molar-refractivity contribution in [1.29, 1.82) is 0 Å². The fourth-order valence-electron chi connectivity index (χ4n) is 2.49. The highest BCUT2D eigenvalue weighted by atomic mass is 32.2. The second-order valence-corrected chi connectivity index (χ2v) is 6.03. The number of thioether (sulfide) groups is 1. The summed E-state index contributed by atoms with van der Waals surface area (Å²) in [6.45, 7) is 0. The zero-order valence-electron chi connectivity index (χ0n) is 9.78. The molecule has 1 amide bonds. The van der Waals surface area contributed by atoms with Gasteiger partial charge in [-0.15, -0.1) is 11.8 Å². The predicted molar refractivity (Wildman–Crippen MR) is 65.5 cm³/mol. The van der Waals surface area contributed by atoms with Gasteiger partial charge in [0.1, 0.15) is 5.78 Å². The summed E-state index contributed by atoms with van der Waals surface area (Å²) >= 11 is 1.79. The Hall–Kier alpha value is -0.510. The molecule has 1 aliphatic carbocycles. The Kier molecular flexibility index (Phi) is 3.90. The van der Waals surface area contributed by atoms with Crippen LogP contribution in [-0.4, -0.2) is 40.7 Å². The second-order valence-electron chi connectivity index (χ2n) is 4.72. The summed E-state index contributed by atoms with van der Waals surface area (Å²) in [5.74, 6) is 1.75. The normalized spacial score (nSPS) is 27.1. The number of Topliss-reactive ketones (excluding diaryl/α,β-unsaturated/α-hetero) is 1. The van der Waals surface area contributed by atoms with E-state index in [0.717, 1.165) is 31.4 Å². The van der Waals surface area contributed by atoms with Crippen LogP contribution in [0.1, 0.15) is 38.5 Å². The molecule has 0 spiro atoms. The molecular formula is C12H19NO2S. The molecule has 90 valence electrons. The first-order chi connectivity index (χ1) is 7.68. The van der Waals surface area contributed by atoms with Gasteiger partial charge in [-0.05, 0) is 31.4 Å². The molecule has 0 aromatic rings. The number of hydrogen-bond acceptors (Lipinski definition) is 3. The van der Waals surface area contributed by atoms with Crippen LogP contribution < -0.4 is 0 Å². The molecule has 1 saturated carbocycles. The van der Waals surface area contributed by atoms with Crippen LogP contribution in [-0.2, 0) is 9.59 Å². The fraction of sp³-hybridized carbons (Fsp3) is 0.833. The minimum Gasteiger partial charge on any atom is -0.342 e. The van der Waals surface area contributed by atoms with Gasteiger partial charge in [-0.2, -0.15) is 0 Å². The van der Waals surface area contributed by atoms with Crippen LogP contribution in [0.5, 0.6) is 0 Å². The SMILES string of the molecule is CN(C(=O)C1CCCS1)C1CCC(=O)CC1. The van der Waals surface area contributed by atoms with Crippen LogP contribution in [0.4, 0.5) is 0 Å². The van der Waals surface area contributed by atoms with E-state index in [1.165, 1.54) is 0 Å². The number of amides is 1. The fourth-order valence-corrected chi connectivity index (χ4v) is 3.75. The number of nitrogens with zero attached hydrogens (tertiary/aromatic N) is 1. The molecule has 1 heterocycles. The molecule has 3 nitrogen and oxygen atoms in total. The van der Waals surface area contributed by atoms with Gasteiger partial charge in [-0.1, -0.05) is 0 Å². The minimum absolute atomic E-state index is 0.183. The highest BCUT2D eigenvalue weighted by Gasteiger charge is 2.31. The van der Waals surface area contributed by atoms with Crippen molar-refractivity contribution in [3.63, 3.8) is 0 Å². The first-order valence-electron chi connectivity index (χ1n) is 6.08. The lowest BCUT2D eigenvalue weighted by atomic mass is 9.93. The van der Waals surface area contributed by atoms with E-state index in [9.17, 15) is 9.59 Å². The summed E-state index contributed by atoms with van der Waals surface area (Å²) in [6.07, 6.45) is 5.22. The first-order valence-corrected chi connectivity index (χ1v) is 7.13. The molecule has 1 atom stereocenters. The quantitative estimate of drug-likeness (QED) is 0.740. The highest BCUT2D eigenvalue weighted by Crippen LogP contribution is 2.29. The Labute approximate surface area is 101 Å². The third-order valence-electron chi connectivity index (χ3n) is 3.61. The molecule has 0 radical (unpaired) electrons. The van der Waals surface area contributed by atoms with E-state index in [1.54, 1.807) is 11.8 Å². The third kappa shape index (κ3) is 2.59. The standard InChI is InChI=1S/C12H19NO2S/c1-13(9-4-6-10(14)7-5-9)12(15)11-3-2-8-16-11/h9,11H,2-8H2,1H3. The van der Waals surface area contributed by atoms with Gasteiger partial charge < -0.3 is 4.90 Å². The molecule has 2 fully saturated rings. The Morgan fingerprint density at radius 2 is 2.00 bits per heavy atom. The summed E-state index contributed by atoms with van der Waals surface area (Å²) in [6, 6.07) is 0.298. The van der Waals surface area contributed by atoms with Crippen LogP contribution in [0.3, 0.4) is 0 Å². The van der Waals surface area contributed by atoms with Gasteiger partial charge in [0.05, 0.1) is 5.25 Å². The van der Waals surface area contributed by atoms with Crippen molar-refractivity contribution in [3.8, 4) is 0 Å². The van der Waals surface area contributed by atoms with Gasteiger partial charge in [0.25, 0.3) is 0 Å². The van der Waals surface area contributed by atoms with Gasteiger partial charge in [0.15, 0.2) is 0 Å². The van der Waals surface area contributed by atoms with Crippen molar-refractivity contribution >= 4 is 23.5 Å². The largest absolute Gasteiger partial charge is 0.342 e. The lowest BCUT2D eigenvalue weighted by Crippen LogP contribution is -2.43. The molecule has 0 bridgehead atoms. The molecule has 0 aromatic heterocycles. The maximum absolute atomic E-state index is 12.1. The number of carbonyl (C=O) groups is 2. The molecule has 1 saturated heterocycles. The molecule has 16 heavy (non-hydrogen) atoms. The van der Waals surface area contributed by atoms with Crippen molar-refractivity contribution in [2.24, 2.45) is 0 Å². The Morgan fingerprint density at radius 1 is 1.31 bits per heavy atom. The number of ketones is 1. The Bertz CT molecular complexity index is 277. The van der Waals surface area contributed by atoms with E-state index in [-0.39, 0.29) is 11.2 Å². The average molecular weight is 241 g/mol. The summed E-state index contributed by atoms with van der Waals surface area (Å²) in [5, 5.41) is 0.183. The lowest BCUT2D eigenvalue weighted by molar-refractivity contribution is -0.133. The van der Waals surface area contributed by atoms with Crippen molar-refractivity contribution < 1.29 is 9.59 Å². The van der Waals surface area contributed by atoms with Gasteiger partial charge in [0, 0.05) is 25.9 Å². The predicted octanol–water partition coefficient (Wildman–Crippen LogP) is 1.85. The van der Waals surface area contributed by atoms with Crippen LogP contribution in [0.2, 0.25) is 0 Å². The second kappa shape index (κ2) is 5.21. The number of rotatable bonds is 2. The van der Waals surface area contributed by atoms with Crippen LogP contribution in [0.25, 0.3) is 0 Å². The summed E-state index contributed by atoms with van der Waals surface area (Å²) in [4.78, 5) is 25.2. The molecule has 2 rings (SSSR count). The molecular weight excluding hydrogens is 222 g/mol. The molecule has 1 aliphatic heterocycles. The van der Waals surface area contributed by atoms with E-state index < -0.39 is 0 Å². The topological polar surface area (TPSA) is 37.4 Å². The smallest absolute Gasteiger partial charge is 0.235 e. The summed E-state index contributed by atoms with van der Waals surface area (Å²) in [5.41, 5.74) is 0. The molecule has 4 heteroatoms. The Balaban J connectivity index is 1.88. The lowest BCUT2D eigenvalue weighted by Gasteiger charge is -2.32. The zero-order chi connectivity index (χ0) is 11.5. The molecule has 1 unspecified atom stereocenters. The van der Waals surface area contributed by atoms with E-state index >= 15 is 0 Å². The van der Waals surface area contributed by atoms with Gasteiger partial charge in [-0.25, -0.2) is 0 Å². The third-order valence-corrected chi connectivity index (χ3v) is 4.98. The van der Waals surface area contributed by atoms with Crippen LogP contribution in [0.15, 0.2) is 0 Å². The van der Waals surface area contributed by atoms with Crippen LogP contribution >= 0.6 is 11.8 Å². The van der Waals surface area contributed by atoms with Crippen molar-refractivity contribution in [1.82, 2.24) is 4.90 Å². The van der Waals surface area contributed by atoms with E-state index in [4.69, 9.17) is 0 Å². The van der Waals surface area contributed by atoms with Crippen molar-refractivity contribution in [2.75, 3.05) is 12.8 Å². The van der Waals surface area contributed by atoms with Gasteiger partial charge in [-0.3, -0.25) is 9.59 Å². The van der Waals surface area contributed by atoms with E-state index in [0.29, 0.717) is 24.7 Å². The molecule has 0 N–H and O–H groups in total. The Morgan fingerprint density at radius 3 is 2.56 bits per heavy atom. The molecule has 2 aliphatic rings. The maximum atomic E-state index is 12.1. The average Bonchev–Trinajstić information content (AvgIpc) is 2.81. The van der Waals surface area contributed by atoms with Gasteiger partial charge >= 0.3 is 0 Å². The molecule has 0 aromatic carbocycles.